The maximum atomic E-state index is 11.9. The van der Waals surface area contributed by atoms with Crippen LogP contribution in [0.4, 0.5) is 0 Å². The third-order valence-corrected chi connectivity index (χ3v) is 5.17. The lowest BCUT2D eigenvalue weighted by Gasteiger charge is -2.33. The molecule has 3 aromatic rings. The first kappa shape index (κ1) is 19.3. The van der Waals surface area contributed by atoms with E-state index >= 15 is 0 Å². The van der Waals surface area contributed by atoms with Crippen LogP contribution >= 0.6 is 0 Å². The fourth-order valence-corrected chi connectivity index (χ4v) is 3.75. The molecule has 1 aliphatic carbocycles. The first-order valence-electron chi connectivity index (χ1n) is 9.77. The summed E-state index contributed by atoms with van der Waals surface area (Å²) < 4.78 is 17.0. The molecule has 1 fully saturated rings. The number of benzene rings is 1. The summed E-state index contributed by atoms with van der Waals surface area (Å²) in [5.41, 5.74) is 7.35. The predicted molar refractivity (Wildman–Crippen MR) is 104 cm³/mol. The molecular weight excluding hydrogens is 372 g/mol. The molecule has 4 rings (SSSR count). The molecule has 1 unspecified atom stereocenters. The Kier molecular flexibility index (Phi) is 5.19. The average Bonchev–Trinajstić information content (AvgIpc) is 3.28. The molecule has 1 atom stereocenters. The molecule has 8 nitrogen and oxygen atoms in total. The fraction of sp³-hybridized carbons (Fsp3) is 0.429. The highest BCUT2D eigenvalue weighted by molar-refractivity contribution is 5.94. The number of aromatic nitrogens is 3. The molecule has 1 saturated carbocycles. The van der Waals surface area contributed by atoms with E-state index in [2.05, 4.69) is 15.4 Å². The van der Waals surface area contributed by atoms with Crippen LogP contribution in [0.2, 0.25) is 0 Å². The van der Waals surface area contributed by atoms with Crippen molar-refractivity contribution in [3.63, 3.8) is 0 Å². The zero-order chi connectivity index (χ0) is 20.5. The number of primary amides is 1. The van der Waals surface area contributed by atoms with E-state index in [4.69, 9.17) is 19.4 Å². The van der Waals surface area contributed by atoms with Crippen molar-refractivity contribution in [3.05, 3.63) is 53.4 Å². The van der Waals surface area contributed by atoms with Gasteiger partial charge in [0.05, 0.1) is 6.10 Å². The molecule has 0 aliphatic heterocycles. The zero-order valence-electron chi connectivity index (χ0n) is 16.7. The number of carbonyl (C=O) groups excluding carboxylic acids is 1. The number of rotatable bonds is 7. The van der Waals surface area contributed by atoms with Gasteiger partial charge in [-0.1, -0.05) is 35.5 Å². The topological polar surface area (TPSA) is 117 Å². The molecular formula is C21H24N4O4. The summed E-state index contributed by atoms with van der Waals surface area (Å²) in [6, 6.07) is 9.59. The van der Waals surface area contributed by atoms with Crippen molar-refractivity contribution in [2.45, 2.75) is 57.7 Å². The van der Waals surface area contributed by atoms with E-state index in [1.807, 2.05) is 51.1 Å². The quantitative estimate of drug-likeness (QED) is 0.642. The van der Waals surface area contributed by atoms with Crippen LogP contribution in [0.25, 0.3) is 11.3 Å². The van der Waals surface area contributed by atoms with Gasteiger partial charge in [0, 0.05) is 17.0 Å². The van der Waals surface area contributed by atoms with Gasteiger partial charge in [0.2, 0.25) is 11.8 Å². The molecule has 0 radical (unpaired) electrons. The first-order chi connectivity index (χ1) is 13.9. The normalized spacial score (nSPS) is 19.9. The fourth-order valence-electron chi connectivity index (χ4n) is 3.75. The van der Waals surface area contributed by atoms with E-state index in [-0.39, 0.29) is 29.7 Å². The molecule has 2 N–H and O–H groups in total. The Morgan fingerprint density at radius 3 is 2.52 bits per heavy atom. The summed E-state index contributed by atoms with van der Waals surface area (Å²) in [6.07, 6.45) is 1.33. The largest absolute Gasteiger partial charge is 0.422 e. The molecule has 1 aromatic carbocycles. The van der Waals surface area contributed by atoms with Crippen LogP contribution in [0, 0.1) is 0 Å². The Morgan fingerprint density at radius 2 is 1.86 bits per heavy atom. The molecule has 8 heteroatoms. The third-order valence-electron chi connectivity index (χ3n) is 5.17. The molecule has 29 heavy (non-hydrogen) atoms. The maximum Gasteiger partial charge on any atom is 0.271 e. The molecule has 0 spiro atoms. The molecule has 0 saturated heterocycles. The number of carbonyl (C=O) groups is 1. The van der Waals surface area contributed by atoms with E-state index in [1.54, 1.807) is 0 Å². The average molecular weight is 396 g/mol. The Hall–Kier alpha value is -3.00. The van der Waals surface area contributed by atoms with Crippen LogP contribution in [0.5, 0.6) is 0 Å². The molecule has 1 amide bonds. The minimum Gasteiger partial charge on any atom is -0.422 e. The van der Waals surface area contributed by atoms with Gasteiger partial charge in [-0.25, -0.2) is 0 Å². The predicted octanol–water partition coefficient (Wildman–Crippen LogP) is 3.97. The number of hydrogen-bond donors (Lipinski definition) is 1. The lowest BCUT2D eigenvalue weighted by atomic mass is 9.70. The van der Waals surface area contributed by atoms with Gasteiger partial charge in [-0.3, -0.25) is 4.79 Å². The van der Waals surface area contributed by atoms with Crippen LogP contribution in [-0.2, 0) is 4.74 Å². The minimum atomic E-state index is -0.589. The van der Waals surface area contributed by atoms with Crippen LogP contribution in [0.15, 0.2) is 39.3 Å². The van der Waals surface area contributed by atoms with E-state index in [0.29, 0.717) is 17.5 Å². The molecule has 2 heterocycles. The number of ether oxygens (including phenoxy) is 1. The zero-order valence-corrected chi connectivity index (χ0v) is 16.7. The van der Waals surface area contributed by atoms with Crippen molar-refractivity contribution in [1.82, 2.24) is 15.4 Å². The van der Waals surface area contributed by atoms with E-state index < -0.39 is 5.91 Å². The summed E-state index contributed by atoms with van der Waals surface area (Å²) in [6.45, 7) is 5.82. The van der Waals surface area contributed by atoms with Crippen LogP contribution < -0.4 is 5.73 Å². The summed E-state index contributed by atoms with van der Waals surface area (Å²) in [4.78, 5) is 11.9. The van der Waals surface area contributed by atoms with Crippen molar-refractivity contribution in [2.75, 3.05) is 0 Å². The summed E-state index contributed by atoms with van der Waals surface area (Å²) >= 11 is 0. The number of hydrogen-bond acceptors (Lipinski definition) is 7. The second-order valence-electron chi connectivity index (χ2n) is 7.68. The summed E-state index contributed by atoms with van der Waals surface area (Å²) in [5, 5.41) is 12.2. The van der Waals surface area contributed by atoms with Crippen molar-refractivity contribution >= 4 is 5.91 Å². The van der Waals surface area contributed by atoms with Gasteiger partial charge in [-0.15, -0.1) is 10.2 Å². The summed E-state index contributed by atoms with van der Waals surface area (Å²) in [7, 11) is 0. The lowest BCUT2D eigenvalue weighted by molar-refractivity contribution is 0.00179. The Bertz CT molecular complexity index is 989. The monoisotopic (exact) mass is 396 g/mol. The van der Waals surface area contributed by atoms with E-state index in [0.717, 1.165) is 24.0 Å². The number of nitrogens with zero attached hydrogens (tertiary/aromatic N) is 3. The van der Waals surface area contributed by atoms with Crippen LogP contribution in [0.1, 0.15) is 79.4 Å². The second-order valence-corrected chi connectivity index (χ2v) is 7.68. The van der Waals surface area contributed by atoms with Crippen molar-refractivity contribution < 1.29 is 18.5 Å². The number of amides is 1. The Balaban J connectivity index is 1.52. The van der Waals surface area contributed by atoms with Crippen molar-refractivity contribution in [3.8, 4) is 11.3 Å². The standard InChI is InChI=1S/C21H24N4O4/c1-11(2)27-12(3)20-23-24-21(28-20)15-9-14(10-15)16-17(19(22)26)25-29-18(16)13-7-5-4-6-8-13/h4-8,11-12,14-15H,9-10H2,1-3H3,(H2,22,26). The van der Waals surface area contributed by atoms with Gasteiger partial charge < -0.3 is 19.4 Å². The number of nitrogens with two attached hydrogens (primary N) is 1. The van der Waals surface area contributed by atoms with Gasteiger partial charge in [0.15, 0.2) is 11.5 Å². The van der Waals surface area contributed by atoms with Crippen LogP contribution in [0.3, 0.4) is 0 Å². The van der Waals surface area contributed by atoms with Gasteiger partial charge in [-0.05, 0) is 39.5 Å². The van der Waals surface area contributed by atoms with Crippen molar-refractivity contribution in [2.24, 2.45) is 5.73 Å². The SMILES string of the molecule is CC(C)OC(C)c1nnc(C2CC(c3c(C(N)=O)noc3-c3ccccc3)C2)o1. The van der Waals surface area contributed by atoms with E-state index in [9.17, 15) is 4.79 Å². The van der Waals surface area contributed by atoms with Gasteiger partial charge >= 0.3 is 0 Å². The smallest absolute Gasteiger partial charge is 0.271 e. The van der Waals surface area contributed by atoms with Crippen molar-refractivity contribution in [1.29, 1.82) is 0 Å². The molecule has 1 aliphatic rings. The minimum absolute atomic E-state index is 0.0747. The highest BCUT2D eigenvalue weighted by Gasteiger charge is 2.40. The Morgan fingerprint density at radius 1 is 1.14 bits per heavy atom. The highest BCUT2D eigenvalue weighted by atomic mass is 16.5. The molecule has 0 bridgehead atoms. The molecule has 152 valence electrons. The highest BCUT2D eigenvalue weighted by Crippen LogP contribution is 2.50. The third kappa shape index (κ3) is 3.80. The van der Waals surface area contributed by atoms with E-state index in [1.165, 1.54) is 0 Å². The summed E-state index contributed by atoms with van der Waals surface area (Å²) in [5.74, 6) is 1.27. The van der Waals surface area contributed by atoms with Crippen LogP contribution in [-0.4, -0.2) is 27.4 Å². The van der Waals surface area contributed by atoms with Gasteiger partial charge in [-0.2, -0.15) is 0 Å². The molecule has 2 aromatic heterocycles. The van der Waals surface area contributed by atoms with Gasteiger partial charge in [0.1, 0.15) is 6.10 Å². The Labute approximate surface area is 168 Å². The first-order valence-corrected chi connectivity index (χ1v) is 9.77. The lowest BCUT2D eigenvalue weighted by Crippen LogP contribution is -2.24. The van der Waals surface area contributed by atoms with Gasteiger partial charge in [0.25, 0.3) is 5.91 Å². The maximum absolute atomic E-state index is 11.9. The second kappa shape index (κ2) is 7.79.